The fourth-order valence-corrected chi connectivity index (χ4v) is 3.10. The summed E-state index contributed by atoms with van der Waals surface area (Å²) in [5.41, 5.74) is 0. The highest BCUT2D eigenvalue weighted by Gasteiger charge is 2.37. The van der Waals surface area contributed by atoms with Gasteiger partial charge in [0.15, 0.2) is 0 Å². The average Bonchev–Trinajstić information content (AvgIpc) is 2.96. The molecule has 1 atom stereocenters. The van der Waals surface area contributed by atoms with Crippen LogP contribution in [0.3, 0.4) is 0 Å². The van der Waals surface area contributed by atoms with Crippen molar-refractivity contribution in [1.82, 2.24) is 9.80 Å². The summed E-state index contributed by atoms with van der Waals surface area (Å²) in [4.78, 5) is 28.3. The standard InChI is InChI=1S/C15H20N2O3/c18-14-7-10-16(9-6-12-4-3-11-20-12)15(19)13-5-1-2-8-17(13)14/h3-4,11,13H,1-2,5-10H2. The first-order valence-corrected chi connectivity index (χ1v) is 7.36. The normalized spacial score (nSPS) is 23.7. The zero-order valence-corrected chi connectivity index (χ0v) is 11.6. The van der Waals surface area contributed by atoms with E-state index in [1.165, 1.54) is 0 Å². The molecular formula is C15H20N2O3. The average molecular weight is 276 g/mol. The summed E-state index contributed by atoms with van der Waals surface area (Å²) in [5.74, 6) is 1.12. The van der Waals surface area contributed by atoms with Gasteiger partial charge >= 0.3 is 0 Å². The Morgan fingerprint density at radius 3 is 2.95 bits per heavy atom. The Morgan fingerprint density at radius 2 is 2.15 bits per heavy atom. The van der Waals surface area contributed by atoms with Gasteiger partial charge in [-0.15, -0.1) is 0 Å². The van der Waals surface area contributed by atoms with Gasteiger partial charge in [-0.05, 0) is 31.4 Å². The van der Waals surface area contributed by atoms with Crippen molar-refractivity contribution in [2.75, 3.05) is 19.6 Å². The molecule has 0 radical (unpaired) electrons. The second-order valence-corrected chi connectivity index (χ2v) is 5.50. The van der Waals surface area contributed by atoms with Gasteiger partial charge < -0.3 is 14.2 Å². The van der Waals surface area contributed by atoms with E-state index in [4.69, 9.17) is 4.42 Å². The van der Waals surface area contributed by atoms with Crippen LogP contribution in [0.1, 0.15) is 31.4 Å². The lowest BCUT2D eigenvalue weighted by Crippen LogP contribution is -2.50. The minimum atomic E-state index is -0.227. The van der Waals surface area contributed by atoms with Crippen LogP contribution in [0.5, 0.6) is 0 Å². The van der Waals surface area contributed by atoms with Gasteiger partial charge in [-0.2, -0.15) is 0 Å². The maximum atomic E-state index is 12.6. The molecule has 0 aliphatic carbocycles. The maximum Gasteiger partial charge on any atom is 0.245 e. The number of piperidine rings is 1. The number of carbonyl (C=O) groups excluding carboxylic acids is 2. The molecule has 1 aromatic rings. The number of rotatable bonds is 3. The molecule has 0 N–H and O–H groups in total. The second-order valence-electron chi connectivity index (χ2n) is 5.50. The van der Waals surface area contributed by atoms with E-state index in [1.807, 2.05) is 17.0 Å². The Labute approximate surface area is 118 Å². The van der Waals surface area contributed by atoms with E-state index in [0.717, 1.165) is 31.6 Å². The molecule has 1 aromatic heterocycles. The molecule has 1 unspecified atom stereocenters. The van der Waals surface area contributed by atoms with Gasteiger partial charge in [0.1, 0.15) is 11.8 Å². The first-order valence-electron chi connectivity index (χ1n) is 7.36. The Kier molecular flexibility index (Phi) is 3.76. The van der Waals surface area contributed by atoms with E-state index in [0.29, 0.717) is 25.9 Å². The molecule has 5 nitrogen and oxygen atoms in total. The van der Waals surface area contributed by atoms with Crippen molar-refractivity contribution >= 4 is 11.8 Å². The summed E-state index contributed by atoms with van der Waals surface area (Å²) < 4.78 is 5.30. The van der Waals surface area contributed by atoms with Crippen molar-refractivity contribution in [1.29, 1.82) is 0 Å². The summed E-state index contributed by atoms with van der Waals surface area (Å²) in [5, 5.41) is 0. The summed E-state index contributed by atoms with van der Waals surface area (Å²) in [6, 6.07) is 3.54. The fourth-order valence-electron chi connectivity index (χ4n) is 3.10. The monoisotopic (exact) mass is 276 g/mol. The highest BCUT2D eigenvalue weighted by molar-refractivity contribution is 5.90. The van der Waals surface area contributed by atoms with E-state index in [9.17, 15) is 9.59 Å². The van der Waals surface area contributed by atoms with Crippen LogP contribution in [-0.2, 0) is 16.0 Å². The molecule has 2 fully saturated rings. The molecule has 0 saturated carbocycles. The smallest absolute Gasteiger partial charge is 0.245 e. The van der Waals surface area contributed by atoms with Crippen LogP contribution in [0.25, 0.3) is 0 Å². The second kappa shape index (κ2) is 5.69. The third kappa shape index (κ3) is 2.57. The van der Waals surface area contributed by atoms with Gasteiger partial charge in [-0.1, -0.05) is 0 Å². The van der Waals surface area contributed by atoms with Crippen LogP contribution < -0.4 is 0 Å². The lowest BCUT2D eigenvalue weighted by atomic mass is 10.0. The fraction of sp³-hybridized carbons (Fsp3) is 0.600. The van der Waals surface area contributed by atoms with Gasteiger partial charge in [0.25, 0.3) is 0 Å². The Hall–Kier alpha value is -1.78. The quantitative estimate of drug-likeness (QED) is 0.839. The van der Waals surface area contributed by atoms with Crippen LogP contribution in [0, 0.1) is 0 Å². The molecule has 2 saturated heterocycles. The largest absolute Gasteiger partial charge is 0.469 e. The number of furan rings is 1. The lowest BCUT2D eigenvalue weighted by Gasteiger charge is -2.34. The Morgan fingerprint density at radius 1 is 1.25 bits per heavy atom. The van der Waals surface area contributed by atoms with Crippen molar-refractivity contribution in [3.63, 3.8) is 0 Å². The number of hydrogen-bond acceptors (Lipinski definition) is 3. The van der Waals surface area contributed by atoms with E-state index in [-0.39, 0.29) is 17.9 Å². The molecule has 0 spiro atoms. The predicted octanol–water partition coefficient (Wildman–Crippen LogP) is 1.44. The van der Waals surface area contributed by atoms with Crippen LogP contribution in [0.4, 0.5) is 0 Å². The van der Waals surface area contributed by atoms with E-state index < -0.39 is 0 Å². The number of hydrogen-bond donors (Lipinski definition) is 0. The summed E-state index contributed by atoms with van der Waals surface area (Å²) >= 11 is 0. The van der Waals surface area contributed by atoms with Crippen molar-refractivity contribution in [3.8, 4) is 0 Å². The molecule has 20 heavy (non-hydrogen) atoms. The van der Waals surface area contributed by atoms with Crippen molar-refractivity contribution in [3.05, 3.63) is 24.2 Å². The Bertz CT molecular complexity index is 483. The molecule has 108 valence electrons. The lowest BCUT2D eigenvalue weighted by molar-refractivity contribution is -0.143. The molecule has 3 rings (SSSR count). The third-order valence-electron chi connectivity index (χ3n) is 4.22. The molecule has 0 bridgehead atoms. The molecule has 2 aliphatic heterocycles. The van der Waals surface area contributed by atoms with Gasteiger partial charge in [0.05, 0.1) is 6.26 Å². The number of fused-ring (bicyclic) bond motifs is 1. The van der Waals surface area contributed by atoms with Crippen LogP contribution in [-0.4, -0.2) is 47.3 Å². The molecule has 2 aliphatic rings. The number of amides is 2. The van der Waals surface area contributed by atoms with Crippen molar-refractivity contribution in [2.24, 2.45) is 0 Å². The van der Waals surface area contributed by atoms with Crippen LogP contribution in [0.15, 0.2) is 22.8 Å². The van der Waals surface area contributed by atoms with Crippen LogP contribution in [0.2, 0.25) is 0 Å². The molecule has 5 heteroatoms. The predicted molar refractivity (Wildman–Crippen MR) is 73.0 cm³/mol. The van der Waals surface area contributed by atoms with Gasteiger partial charge in [-0.3, -0.25) is 9.59 Å². The topological polar surface area (TPSA) is 53.8 Å². The molecule has 0 aromatic carbocycles. The SMILES string of the molecule is O=C1C2CCCCN2C(=O)CCN1CCc1ccco1. The summed E-state index contributed by atoms with van der Waals surface area (Å²) in [6.45, 7) is 1.90. The van der Waals surface area contributed by atoms with Gasteiger partial charge in [0.2, 0.25) is 11.8 Å². The number of carbonyl (C=O) groups is 2. The highest BCUT2D eigenvalue weighted by Crippen LogP contribution is 2.23. The molecular weight excluding hydrogens is 256 g/mol. The molecule has 3 heterocycles. The van der Waals surface area contributed by atoms with Crippen molar-refractivity contribution in [2.45, 2.75) is 38.1 Å². The third-order valence-corrected chi connectivity index (χ3v) is 4.22. The van der Waals surface area contributed by atoms with Crippen LogP contribution >= 0.6 is 0 Å². The first kappa shape index (κ1) is 13.2. The maximum absolute atomic E-state index is 12.6. The van der Waals surface area contributed by atoms with E-state index >= 15 is 0 Å². The van der Waals surface area contributed by atoms with E-state index in [1.54, 1.807) is 11.2 Å². The zero-order chi connectivity index (χ0) is 13.9. The van der Waals surface area contributed by atoms with E-state index in [2.05, 4.69) is 0 Å². The zero-order valence-electron chi connectivity index (χ0n) is 11.6. The molecule has 2 amide bonds. The summed E-state index contributed by atoms with van der Waals surface area (Å²) in [6.07, 6.45) is 5.65. The first-order chi connectivity index (χ1) is 9.75. The van der Waals surface area contributed by atoms with Crippen molar-refractivity contribution < 1.29 is 14.0 Å². The van der Waals surface area contributed by atoms with Gasteiger partial charge in [0, 0.05) is 32.5 Å². The minimum absolute atomic E-state index is 0.113. The highest BCUT2D eigenvalue weighted by atomic mass is 16.3. The number of nitrogens with zero attached hydrogens (tertiary/aromatic N) is 2. The summed E-state index contributed by atoms with van der Waals surface area (Å²) in [7, 11) is 0. The van der Waals surface area contributed by atoms with Gasteiger partial charge in [-0.25, -0.2) is 0 Å². The Balaban J connectivity index is 1.68. The minimum Gasteiger partial charge on any atom is -0.469 e.